The van der Waals surface area contributed by atoms with Gasteiger partial charge in [0.1, 0.15) is 5.75 Å². The molecule has 9 N–H and O–H groups in total. The highest BCUT2D eigenvalue weighted by atomic mass is 16.3. The first-order valence-electron chi connectivity index (χ1n) is 11.1. The van der Waals surface area contributed by atoms with Crippen molar-refractivity contribution in [1.29, 1.82) is 5.41 Å². The van der Waals surface area contributed by atoms with Gasteiger partial charge in [0.15, 0.2) is 23.3 Å². The molecular weight excluding hydrogens is 456 g/mol. The van der Waals surface area contributed by atoms with Crippen LogP contribution in [0.25, 0.3) is 6.08 Å². The molecule has 2 rings (SSSR count). The molecule has 1 aliphatic rings. The van der Waals surface area contributed by atoms with Crippen molar-refractivity contribution in [3.05, 3.63) is 35.9 Å². The Labute approximate surface area is 202 Å². The lowest BCUT2D eigenvalue weighted by Crippen LogP contribution is -2.70. The second-order valence-electron chi connectivity index (χ2n) is 8.00. The summed E-state index contributed by atoms with van der Waals surface area (Å²) in [5, 5.41) is 24.3. The molecule has 1 aromatic carbocycles. The van der Waals surface area contributed by atoms with Gasteiger partial charge < -0.3 is 32.5 Å². The van der Waals surface area contributed by atoms with Crippen molar-refractivity contribution in [3.8, 4) is 5.75 Å². The van der Waals surface area contributed by atoms with E-state index in [2.05, 4.69) is 16.0 Å². The van der Waals surface area contributed by atoms with Crippen molar-refractivity contribution in [2.75, 3.05) is 13.1 Å². The van der Waals surface area contributed by atoms with Gasteiger partial charge in [0.05, 0.1) is 12.6 Å². The molecule has 188 valence electrons. The van der Waals surface area contributed by atoms with Gasteiger partial charge in [-0.25, -0.2) is 0 Å². The van der Waals surface area contributed by atoms with Crippen LogP contribution in [0.3, 0.4) is 0 Å². The Balaban J connectivity index is 2.34. The zero-order chi connectivity index (χ0) is 26.0. The number of rotatable bonds is 11. The zero-order valence-electron chi connectivity index (χ0n) is 19.1. The molecule has 1 aliphatic carbocycles. The number of phenols is 1. The Bertz CT molecular complexity index is 1020. The van der Waals surface area contributed by atoms with Crippen LogP contribution in [-0.2, 0) is 24.0 Å². The van der Waals surface area contributed by atoms with Gasteiger partial charge in [-0.3, -0.25) is 29.4 Å². The van der Waals surface area contributed by atoms with Crippen molar-refractivity contribution in [1.82, 2.24) is 16.0 Å². The van der Waals surface area contributed by atoms with Crippen LogP contribution < -0.4 is 27.4 Å². The third-order valence-corrected chi connectivity index (χ3v) is 5.50. The number of amides is 2. The number of hydrogen-bond donors (Lipinski definition) is 7. The third-order valence-electron chi connectivity index (χ3n) is 5.50. The Morgan fingerprint density at radius 2 is 1.83 bits per heavy atom. The van der Waals surface area contributed by atoms with Gasteiger partial charge in [0, 0.05) is 31.0 Å². The lowest BCUT2D eigenvalue weighted by molar-refractivity contribution is -0.150. The van der Waals surface area contributed by atoms with Gasteiger partial charge in [-0.15, -0.1) is 0 Å². The van der Waals surface area contributed by atoms with E-state index in [1.165, 1.54) is 12.1 Å². The maximum absolute atomic E-state index is 13.6. The number of carbonyl (C=O) groups excluding carboxylic acids is 5. The highest BCUT2D eigenvalue weighted by Gasteiger charge is 2.55. The fourth-order valence-electron chi connectivity index (χ4n) is 3.75. The standard InChI is InChI=1S/C23H30N6O6/c24-13-20(34)28-15(6-4-12-27-22(25)26)21(35)23(17(31)8-3-9-18(23)32)29-19(33)11-10-14-5-1-2-7-16(14)30/h1-2,5,7,10-11,15,30H,3-4,6,8-9,12-13,24H2,(H,28,34)(H,29,33)(H4,25,26,27)/b11-10-/t15-/m0/s1. The zero-order valence-corrected chi connectivity index (χ0v) is 19.1. The number of guanidine groups is 1. The first kappa shape index (κ1) is 27.2. The number of nitrogens with two attached hydrogens (primary N) is 2. The molecule has 12 nitrogen and oxygen atoms in total. The number of Topliss-reactive ketones (excluding diaryl/α,β-unsaturated/α-hetero) is 3. The lowest BCUT2D eigenvalue weighted by atomic mass is 9.73. The molecule has 0 aliphatic heterocycles. The quantitative estimate of drug-likeness (QED) is 0.0660. The summed E-state index contributed by atoms with van der Waals surface area (Å²) in [6.07, 6.45) is 2.55. The molecule has 0 bridgehead atoms. The van der Waals surface area contributed by atoms with Crippen LogP contribution in [0.1, 0.15) is 37.7 Å². The number of ketones is 3. The Morgan fingerprint density at radius 3 is 2.43 bits per heavy atom. The van der Waals surface area contributed by atoms with E-state index >= 15 is 0 Å². The molecule has 0 aromatic heterocycles. The third kappa shape index (κ3) is 6.96. The molecule has 0 heterocycles. The molecule has 1 saturated carbocycles. The molecular formula is C23H30N6O6. The van der Waals surface area contributed by atoms with Crippen LogP contribution in [0.4, 0.5) is 0 Å². The van der Waals surface area contributed by atoms with Crippen molar-refractivity contribution in [2.24, 2.45) is 11.5 Å². The van der Waals surface area contributed by atoms with Crippen molar-refractivity contribution in [2.45, 2.75) is 43.7 Å². The minimum atomic E-state index is -2.46. The summed E-state index contributed by atoms with van der Waals surface area (Å²) in [7, 11) is 0. The largest absolute Gasteiger partial charge is 0.507 e. The van der Waals surface area contributed by atoms with Crippen LogP contribution in [0.15, 0.2) is 30.3 Å². The molecule has 0 saturated heterocycles. The molecule has 35 heavy (non-hydrogen) atoms. The first-order chi connectivity index (χ1) is 16.6. The minimum Gasteiger partial charge on any atom is -0.507 e. The number of phenolic OH excluding ortho intramolecular Hbond substituents is 1. The predicted octanol–water partition coefficient (Wildman–Crippen LogP) is -1.14. The van der Waals surface area contributed by atoms with E-state index in [1.807, 2.05) is 0 Å². The van der Waals surface area contributed by atoms with E-state index in [0.29, 0.717) is 5.56 Å². The van der Waals surface area contributed by atoms with E-state index in [4.69, 9.17) is 16.9 Å². The number of para-hydroxylation sites is 1. The summed E-state index contributed by atoms with van der Waals surface area (Å²) in [5.41, 5.74) is 8.45. The number of hydrogen-bond acceptors (Lipinski definition) is 8. The predicted molar refractivity (Wildman–Crippen MR) is 127 cm³/mol. The SMILES string of the molecule is N=C(N)NCCC[C@H](NC(=O)CN)C(=O)C1(NC(=O)/C=C\c2ccccc2O)C(=O)CCCC1=O. The van der Waals surface area contributed by atoms with E-state index in [9.17, 15) is 29.1 Å². The van der Waals surface area contributed by atoms with Gasteiger partial charge >= 0.3 is 0 Å². The average Bonchev–Trinajstić information content (AvgIpc) is 2.82. The Hall–Kier alpha value is -4.06. The number of aromatic hydroxyl groups is 1. The summed E-state index contributed by atoms with van der Waals surface area (Å²) in [6.45, 7) is -0.234. The molecule has 1 fully saturated rings. The molecule has 0 unspecified atom stereocenters. The van der Waals surface area contributed by atoms with E-state index < -0.39 is 47.3 Å². The van der Waals surface area contributed by atoms with Crippen LogP contribution >= 0.6 is 0 Å². The van der Waals surface area contributed by atoms with Crippen LogP contribution in [0, 0.1) is 5.41 Å². The second kappa shape index (κ2) is 12.4. The average molecular weight is 487 g/mol. The summed E-state index contributed by atoms with van der Waals surface area (Å²) in [4.78, 5) is 64.3. The number of nitrogens with one attached hydrogen (secondary N) is 4. The van der Waals surface area contributed by atoms with Crippen molar-refractivity contribution in [3.63, 3.8) is 0 Å². The van der Waals surface area contributed by atoms with Crippen LogP contribution in [-0.4, -0.2) is 64.9 Å². The normalized spacial score (nSPS) is 15.9. The highest BCUT2D eigenvalue weighted by Crippen LogP contribution is 2.26. The summed E-state index contributed by atoms with van der Waals surface area (Å²) in [5.74, 6) is -4.44. The number of carbonyl (C=O) groups is 5. The summed E-state index contributed by atoms with van der Waals surface area (Å²) in [6, 6.07) is 4.91. The van der Waals surface area contributed by atoms with Crippen LogP contribution in [0.2, 0.25) is 0 Å². The Morgan fingerprint density at radius 1 is 1.17 bits per heavy atom. The van der Waals surface area contributed by atoms with Crippen molar-refractivity contribution < 1.29 is 29.1 Å². The van der Waals surface area contributed by atoms with E-state index in [1.54, 1.807) is 18.2 Å². The fraction of sp³-hybridized carbons (Fsp3) is 0.391. The molecule has 1 aromatic rings. The monoisotopic (exact) mass is 486 g/mol. The topological polar surface area (TPSA) is 218 Å². The minimum absolute atomic E-state index is 0.00321. The van der Waals surface area contributed by atoms with Gasteiger partial charge in [-0.2, -0.15) is 0 Å². The molecule has 0 spiro atoms. The number of benzene rings is 1. The first-order valence-corrected chi connectivity index (χ1v) is 11.1. The molecule has 0 radical (unpaired) electrons. The van der Waals surface area contributed by atoms with E-state index in [0.717, 1.165) is 6.08 Å². The van der Waals surface area contributed by atoms with Gasteiger partial charge in [0.25, 0.3) is 0 Å². The summed E-state index contributed by atoms with van der Waals surface area (Å²) < 4.78 is 0. The Kier molecular flexibility index (Phi) is 9.64. The van der Waals surface area contributed by atoms with E-state index in [-0.39, 0.29) is 50.4 Å². The fourth-order valence-corrected chi connectivity index (χ4v) is 3.75. The van der Waals surface area contributed by atoms with Crippen LogP contribution in [0.5, 0.6) is 5.75 Å². The smallest absolute Gasteiger partial charge is 0.245 e. The maximum Gasteiger partial charge on any atom is 0.245 e. The van der Waals surface area contributed by atoms with Gasteiger partial charge in [-0.05, 0) is 31.4 Å². The van der Waals surface area contributed by atoms with Gasteiger partial charge in [-0.1, -0.05) is 18.2 Å². The second-order valence-corrected chi connectivity index (χ2v) is 8.00. The van der Waals surface area contributed by atoms with Crippen molar-refractivity contribution >= 4 is 41.2 Å². The summed E-state index contributed by atoms with van der Waals surface area (Å²) >= 11 is 0. The maximum atomic E-state index is 13.6. The molecule has 12 heteroatoms. The van der Waals surface area contributed by atoms with Gasteiger partial charge in [0.2, 0.25) is 17.4 Å². The highest BCUT2D eigenvalue weighted by molar-refractivity contribution is 6.33. The molecule has 1 atom stereocenters. The molecule has 2 amide bonds. The lowest BCUT2D eigenvalue weighted by Gasteiger charge is -2.36.